The SMILES string of the molecule is CSC(=Nc1ccccc1)SC12CC3CC(CC(C3)C1)C2. The van der Waals surface area contributed by atoms with Gasteiger partial charge in [-0.25, -0.2) is 4.99 Å². The van der Waals surface area contributed by atoms with E-state index in [1.54, 1.807) is 0 Å². The summed E-state index contributed by atoms with van der Waals surface area (Å²) >= 11 is 3.94. The highest BCUT2D eigenvalue weighted by molar-refractivity contribution is 8.39. The quantitative estimate of drug-likeness (QED) is 0.509. The van der Waals surface area contributed by atoms with Gasteiger partial charge in [-0.3, -0.25) is 0 Å². The number of rotatable bonds is 2. The van der Waals surface area contributed by atoms with Crippen LogP contribution in [0, 0.1) is 17.8 Å². The van der Waals surface area contributed by atoms with E-state index in [0.29, 0.717) is 4.75 Å². The molecule has 0 N–H and O–H groups in total. The van der Waals surface area contributed by atoms with Crippen LogP contribution < -0.4 is 0 Å². The zero-order valence-electron chi connectivity index (χ0n) is 12.6. The minimum atomic E-state index is 0.519. The Balaban J connectivity index is 1.55. The molecule has 0 amide bonds. The largest absolute Gasteiger partial charge is 0.235 e. The van der Waals surface area contributed by atoms with E-state index >= 15 is 0 Å². The van der Waals surface area contributed by atoms with Gasteiger partial charge in [0.2, 0.25) is 0 Å². The van der Waals surface area contributed by atoms with Crippen LogP contribution in [0.4, 0.5) is 5.69 Å². The molecular weight excluding hydrogens is 294 g/mol. The maximum Gasteiger partial charge on any atom is 0.130 e. The van der Waals surface area contributed by atoms with Gasteiger partial charge in [-0.05, 0) is 74.7 Å². The molecule has 0 radical (unpaired) electrons. The summed E-state index contributed by atoms with van der Waals surface area (Å²) in [6, 6.07) is 10.4. The van der Waals surface area contributed by atoms with E-state index in [1.165, 1.54) is 42.9 Å². The van der Waals surface area contributed by atoms with E-state index in [9.17, 15) is 0 Å². The Labute approximate surface area is 136 Å². The van der Waals surface area contributed by atoms with Gasteiger partial charge >= 0.3 is 0 Å². The Morgan fingerprint density at radius 1 is 1.00 bits per heavy atom. The van der Waals surface area contributed by atoms with Gasteiger partial charge in [0.15, 0.2) is 0 Å². The van der Waals surface area contributed by atoms with Crippen LogP contribution in [0.15, 0.2) is 35.3 Å². The van der Waals surface area contributed by atoms with E-state index in [-0.39, 0.29) is 0 Å². The second kappa shape index (κ2) is 5.66. The van der Waals surface area contributed by atoms with Crippen LogP contribution in [0.2, 0.25) is 0 Å². The molecule has 3 heteroatoms. The summed E-state index contributed by atoms with van der Waals surface area (Å²) in [5.41, 5.74) is 1.10. The minimum absolute atomic E-state index is 0.519. The molecule has 4 fully saturated rings. The van der Waals surface area contributed by atoms with E-state index in [0.717, 1.165) is 23.4 Å². The van der Waals surface area contributed by atoms with E-state index < -0.39 is 0 Å². The zero-order chi connectivity index (χ0) is 14.3. The van der Waals surface area contributed by atoms with Crippen molar-refractivity contribution in [3.8, 4) is 0 Å². The molecule has 1 aromatic carbocycles. The molecule has 21 heavy (non-hydrogen) atoms. The molecule has 4 aliphatic rings. The van der Waals surface area contributed by atoms with Gasteiger partial charge in [-0.1, -0.05) is 30.0 Å². The minimum Gasteiger partial charge on any atom is -0.235 e. The van der Waals surface area contributed by atoms with Gasteiger partial charge in [0.1, 0.15) is 4.38 Å². The van der Waals surface area contributed by atoms with Gasteiger partial charge < -0.3 is 0 Å². The molecule has 0 aromatic heterocycles. The first-order valence-electron chi connectivity index (χ1n) is 8.11. The predicted molar refractivity (Wildman–Crippen MR) is 95.5 cm³/mol. The third-order valence-corrected chi connectivity index (χ3v) is 7.83. The van der Waals surface area contributed by atoms with Crippen molar-refractivity contribution in [2.45, 2.75) is 43.3 Å². The molecule has 1 aromatic rings. The highest BCUT2D eigenvalue weighted by Crippen LogP contribution is 2.61. The molecule has 1 nitrogen and oxygen atoms in total. The van der Waals surface area contributed by atoms with Crippen molar-refractivity contribution in [2.75, 3.05) is 6.26 Å². The summed E-state index contributed by atoms with van der Waals surface area (Å²) in [4.78, 5) is 4.90. The lowest BCUT2D eigenvalue weighted by Gasteiger charge is -2.56. The summed E-state index contributed by atoms with van der Waals surface area (Å²) in [5.74, 6) is 3.05. The Morgan fingerprint density at radius 3 is 2.10 bits per heavy atom. The van der Waals surface area contributed by atoms with Crippen molar-refractivity contribution in [1.82, 2.24) is 0 Å². The summed E-state index contributed by atoms with van der Waals surface area (Å²) < 4.78 is 1.79. The third-order valence-electron chi connectivity index (χ3n) is 5.44. The third kappa shape index (κ3) is 2.92. The Morgan fingerprint density at radius 2 is 1.57 bits per heavy atom. The van der Waals surface area contributed by atoms with Crippen molar-refractivity contribution in [2.24, 2.45) is 22.7 Å². The number of nitrogens with zero attached hydrogens (tertiary/aromatic N) is 1. The maximum absolute atomic E-state index is 4.90. The average molecular weight is 318 g/mol. The van der Waals surface area contributed by atoms with Crippen LogP contribution in [0.25, 0.3) is 0 Å². The zero-order valence-corrected chi connectivity index (χ0v) is 14.3. The molecule has 0 spiro atoms. The van der Waals surface area contributed by atoms with Gasteiger partial charge in [0, 0.05) is 4.75 Å². The lowest BCUT2D eigenvalue weighted by atomic mass is 9.56. The number of hydrogen-bond donors (Lipinski definition) is 0. The highest BCUT2D eigenvalue weighted by Gasteiger charge is 2.51. The number of para-hydroxylation sites is 1. The lowest BCUT2D eigenvalue weighted by Crippen LogP contribution is -2.48. The summed E-state index contributed by atoms with van der Waals surface area (Å²) in [7, 11) is 0. The normalized spacial score (nSPS) is 38.0. The fraction of sp³-hybridized carbons (Fsp3) is 0.611. The van der Waals surface area contributed by atoms with Crippen molar-refractivity contribution in [3.05, 3.63) is 30.3 Å². The van der Waals surface area contributed by atoms with Crippen molar-refractivity contribution in [1.29, 1.82) is 0 Å². The van der Waals surface area contributed by atoms with Crippen molar-refractivity contribution < 1.29 is 0 Å². The Kier molecular flexibility index (Phi) is 3.83. The van der Waals surface area contributed by atoms with Crippen LogP contribution in [0.1, 0.15) is 38.5 Å². The monoisotopic (exact) mass is 317 g/mol. The molecule has 0 atom stereocenters. The summed E-state index contributed by atoms with van der Waals surface area (Å²) in [6.45, 7) is 0. The molecule has 0 saturated heterocycles. The fourth-order valence-electron chi connectivity index (χ4n) is 5.06. The topological polar surface area (TPSA) is 12.4 Å². The van der Waals surface area contributed by atoms with Crippen molar-refractivity contribution >= 4 is 33.6 Å². The summed E-state index contributed by atoms with van der Waals surface area (Å²) in [6.07, 6.45) is 11.1. The van der Waals surface area contributed by atoms with Crippen LogP contribution in [0.5, 0.6) is 0 Å². The second-order valence-electron chi connectivity index (χ2n) is 7.12. The number of hydrogen-bond acceptors (Lipinski definition) is 3. The van der Waals surface area contributed by atoms with Gasteiger partial charge in [0.05, 0.1) is 5.69 Å². The van der Waals surface area contributed by atoms with E-state index in [1.807, 2.05) is 11.8 Å². The first-order valence-corrected chi connectivity index (χ1v) is 10.2. The van der Waals surface area contributed by atoms with Crippen LogP contribution >= 0.6 is 23.5 Å². The van der Waals surface area contributed by atoms with Gasteiger partial charge in [-0.15, -0.1) is 11.8 Å². The highest BCUT2D eigenvalue weighted by atomic mass is 32.2. The summed E-state index contributed by atoms with van der Waals surface area (Å²) in [5, 5.41) is 0. The standard InChI is InChI=1S/C18H23NS2/c1-20-17(19-16-5-3-2-4-6-16)21-18-10-13-7-14(11-18)9-15(8-13)12-18/h2-6,13-15H,7-12H2,1H3. The van der Waals surface area contributed by atoms with E-state index in [2.05, 4.69) is 48.3 Å². The molecule has 112 valence electrons. The molecule has 0 heterocycles. The average Bonchev–Trinajstić information content (AvgIpc) is 2.46. The molecular formula is C18H23NS2. The van der Waals surface area contributed by atoms with Crippen LogP contribution in [0.3, 0.4) is 0 Å². The number of aliphatic imine (C=N–C) groups is 1. The number of thioether (sulfide) groups is 2. The maximum atomic E-state index is 4.90. The molecule has 5 rings (SSSR count). The fourth-order valence-corrected chi connectivity index (χ4v) is 7.60. The smallest absolute Gasteiger partial charge is 0.130 e. The van der Waals surface area contributed by atoms with Crippen LogP contribution in [-0.2, 0) is 0 Å². The second-order valence-corrected chi connectivity index (χ2v) is 9.63. The van der Waals surface area contributed by atoms with Crippen molar-refractivity contribution in [3.63, 3.8) is 0 Å². The predicted octanol–water partition coefficient (Wildman–Crippen LogP) is 5.74. The first-order chi connectivity index (χ1) is 10.2. The lowest BCUT2D eigenvalue weighted by molar-refractivity contribution is 0.0388. The van der Waals surface area contributed by atoms with Gasteiger partial charge in [-0.2, -0.15) is 0 Å². The Bertz CT molecular complexity index is 502. The molecule has 4 bridgehead atoms. The molecule has 4 saturated carbocycles. The first kappa shape index (κ1) is 14.2. The molecule has 0 unspecified atom stereocenters. The molecule has 4 aliphatic carbocycles. The Hall–Kier alpha value is -0.410. The molecule has 0 aliphatic heterocycles. The van der Waals surface area contributed by atoms with E-state index in [4.69, 9.17) is 4.99 Å². The van der Waals surface area contributed by atoms with Gasteiger partial charge in [0.25, 0.3) is 0 Å². The van der Waals surface area contributed by atoms with Crippen LogP contribution in [-0.4, -0.2) is 15.4 Å². The number of benzene rings is 1.